The summed E-state index contributed by atoms with van der Waals surface area (Å²) in [6, 6.07) is 0. The van der Waals surface area contributed by atoms with E-state index in [2.05, 4.69) is 11.9 Å². The number of aliphatic hydroxyl groups excluding tert-OH is 1. The van der Waals surface area contributed by atoms with Gasteiger partial charge in [0.25, 0.3) is 5.91 Å². The van der Waals surface area contributed by atoms with Crippen molar-refractivity contribution >= 4 is 5.91 Å². The van der Waals surface area contributed by atoms with Crippen LogP contribution in [0.15, 0.2) is 12.7 Å². The van der Waals surface area contributed by atoms with Gasteiger partial charge >= 0.3 is 0 Å². The Bertz CT molecular complexity index is 575. The molecule has 0 bridgehead atoms. The molecule has 0 aromatic carbocycles. The number of amides is 1. The molecule has 2 N–H and O–H groups in total. The highest BCUT2D eigenvalue weighted by Crippen LogP contribution is 2.20. The Labute approximate surface area is 225 Å². The molecule has 1 aliphatic heterocycles. The van der Waals surface area contributed by atoms with Gasteiger partial charge in [-0.15, -0.1) is 6.58 Å². The second-order valence-electron chi connectivity index (χ2n) is 8.26. The van der Waals surface area contributed by atoms with E-state index in [-0.39, 0.29) is 38.4 Å². The van der Waals surface area contributed by atoms with Gasteiger partial charge in [0.05, 0.1) is 112 Å². The van der Waals surface area contributed by atoms with E-state index in [1.807, 2.05) is 0 Å². The lowest BCUT2D eigenvalue weighted by atomic mass is 10.2. The minimum absolute atomic E-state index is 0.0674. The number of hydrogen-bond acceptors (Lipinski definition) is 12. The largest absolute Gasteiger partial charge is 0.388 e. The molecule has 1 heterocycles. The van der Waals surface area contributed by atoms with Crippen LogP contribution in [0.4, 0.5) is 0 Å². The van der Waals surface area contributed by atoms with E-state index in [9.17, 15) is 9.90 Å². The van der Waals surface area contributed by atoms with E-state index in [1.165, 1.54) is 7.05 Å². The van der Waals surface area contributed by atoms with Crippen molar-refractivity contribution in [3.63, 3.8) is 0 Å². The molecule has 1 fully saturated rings. The normalized spacial score (nSPS) is 20.3. The molecule has 1 rings (SSSR count). The van der Waals surface area contributed by atoms with Gasteiger partial charge in [0.2, 0.25) is 5.79 Å². The summed E-state index contributed by atoms with van der Waals surface area (Å²) in [4.78, 5) is 11.7. The molecule has 1 atom stereocenters. The lowest BCUT2D eigenvalue weighted by Gasteiger charge is -2.35. The summed E-state index contributed by atoms with van der Waals surface area (Å²) in [6.45, 7) is 11.9. The molecular formula is C25H47NO12. The molecule has 13 heteroatoms. The Morgan fingerprint density at radius 3 is 1.68 bits per heavy atom. The first kappa shape index (κ1) is 34.8. The summed E-state index contributed by atoms with van der Waals surface area (Å²) in [6.07, 6.45) is 0.539. The molecule has 0 spiro atoms. The van der Waals surface area contributed by atoms with Crippen LogP contribution in [0.5, 0.6) is 0 Å². The lowest BCUT2D eigenvalue weighted by molar-refractivity contribution is -0.276. The molecule has 0 aliphatic carbocycles. The first-order valence-electron chi connectivity index (χ1n) is 13.0. The second-order valence-corrected chi connectivity index (χ2v) is 8.26. The fourth-order valence-corrected chi connectivity index (χ4v) is 2.95. The summed E-state index contributed by atoms with van der Waals surface area (Å²) in [5.74, 6) is -1.67. The predicted octanol–water partition coefficient (Wildman–Crippen LogP) is -0.456. The molecular weight excluding hydrogens is 506 g/mol. The van der Waals surface area contributed by atoms with E-state index >= 15 is 0 Å². The van der Waals surface area contributed by atoms with Crippen LogP contribution in [0.25, 0.3) is 0 Å². The van der Waals surface area contributed by atoms with Gasteiger partial charge in [-0.3, -0.25) is 4.79 Å². The third-order valence-corrected chi connectivity index (χ3v) is 5.03. The Morgan fingerprint density at radius 1 is 0.842 bits per heavy atom. The number of likely N-dealkylation sites (N-methyl/N-ethyl adjacent to an activating group) is 1. The average molecular weight is 554 g/mol. The highest BCUT2D eigenvalue weighted by atomic mass is 16.7. The van der Waals surface area contributed by atoms with Crippen LogP contribution in [0.2, 0.25) is 0 Å². The van der Waals surface area contributed by atoms with Crippen LogP contribution in [-0.2, 0) is 52.2 Å². The Balaban J connectivity index is 1.77. The SMILES string of the molecule is C=CCOCCOCCOCCOCCOCCOCCOCC(O)COC1COC(C)(C(=O)NC)OC1. The number of ether oxygens (including phenoxy) is 10. The molecule has 0 aromatic rings. The van der Waals surface area contributed by atoms with Crippen molar-refractivity contribution in [3.8, 4) is 0 Å². The van der Waals surface area contributed by atoms with Crippen LogP contribution < -0.4 is 5.32 Å². The zero-order valence-electron chi connectivity index (χ0n) is 22.9. The fraction of sp³-hybridized carbons (Fsp3) is 0.880. The highest BCUT2D eigenvalue weighted by molar-refractivity contribution is 5.83. The number of rotatable bonds is 26. The quantitative estimate of drug-likeness (QED) is 0.106. The molecule has 1 aliphatic rings. The fourth-order valence-electron chi connectivity index (χ4n) is 2.95. The molecule has 38 heavy (non-hydrogen) atoms. The van der Waals surface area contributed by atoms with Crippen LogP contribution >= 0.6 is 0 Å². The number of aliphatic hydroxyl groups is 1. The lowest BCUT2D eigenvalue weighted by Crippen LogP contribution is -2.54. The van der Waals surface area contributed by atoms with Crippen LogP contribution in [0.3, 0.4) is 0 Å². The number of hydrogen-bond donors (Lipinski definition) is 2. The Morgan fingerprint density at radius 2 is 1.26 bits per heavy atom. The minimum Gasteiger partial charge on any atom is -0.388 e. The summed E-state index contributed by atoms with van der Waals surface area (Å²) in [5, 5.41) is 12.5. The Hall–Kier alpha value is -1.23. The molecule has 1 unspecified atom stereocenters. The third kappa shape index (κ3) is 18.1. The van der Waals surface area contributed by atoms with Crippen molar-refractivity contribution in [2.45, 2.75) is 24.9 Å². The van der Waals surface area contributed by atoms with Gasteiger partial charge < -0.3 is 57.8 Å². The van der Waals surface area contributed by atoms with Gasteiger partial charge in [0.1, 0.15) is 12.2 Å². The van der Waals surface area contributed by atoms with E-state index in [0.717, 1.165) is 0 Å². The summed E-state index contributed by atoms with van der Waals surface area (Å²) in [7, 11) is 1.51. The average Bonchev–Trinajstić information content (AvgIpc) is 2.93. The molecule has 0 aromatic heterocycles. The molecule has 1 saturated heterocycles. The number of carbonyl (C=O) groups is 1. The predicted molar refractivity (Wildman–Crippen MR) is 136 cm³/mol. The van der Waals surface area contributed by atoms with Gasteiger partial charge in [-0.2, -0.15) is 0 Å². The van der Waals surface area contributed by atoms with Gasteiger partial charge in [0, 0.05) is 7.05 Å². The molecule has 0 radical (unpaired) electrons. The zero-order valence-corrected chi connectivity index (χ0v) is 22.9. The van der Waals surface area contributed by atoms with Crippen molar-refractivity contribution in [1.82, 2.24) is 5.32 Å². The smallest absolute Gasteiger partial charge is 0.279 e. The maximum absolute atomic E-state index is 11.7. The molecule has 0 saturated carbocycles. The van der Waals surface area contributed by atoms with Crippen molar-refractivity contribution in [3.05, 3.63) is 12.7 Å². The van der Waals surface area contributed by atoms with Crippen molar-refractivity contribution in [2.24, 2.45) is 0 Å². The van der Waals surface area contributed by atoms with Crippen LogP contribution in [0, 0.1) is 0 Å². The second kappa shape index (κ2) is 23.6. The van der Waals surface area contributed by atoms with Gasteiger partial charge in [-0.25, -0.2) is 0 Å². The minimum atomic E-state index is -1.32. The van der Waals surface area contributed by atoms with Crippen molar-refractivity contribution < 1.29 is 57.3 Å². The van der Waals surface area contributed by atoms with Gasteiger partial charge in [-0.1, -0.05) is 6.08 Å². The van der Waals surface area contributed by atoms with Crippen LogP contribution in [-0.4, -0.2) is 148 Å². The monoisotopic (exact) mass is 553 g/mol. The van der Waals surface area contributed by atoms with Crippen molar-refractivity contribution in [1.29, 1.82) is 0 Å². The maximum Gasteiger partial charge on any atom is 0.279 e. The summed E-state index contributed by atoms with van der Waals surface area (Å²) in [5.41, 5.74) is 0. The summed E-state index contributed by atoms with van der Waals surface area (Å²) < 4.78 is 54.1. The van der Waals surface area contributed by atoms with Gasteiger partial charge in [0.15, 0.2) is 0 Å². The Kier molecular flexibility index (Phi) is 21.6. The molecule has 1 amide bonds. The maximum atomic E-state index is 11.7. The van der Waals surface area contributed by atoms with E-state index < -0.39 is 11.9 Å². The summed E-state index contributed by atoms with van der Waals surface area (Å²) >= 11 is 0. The van der Waals surface area contributed by atoms with Crippen LogP contribution in [0.1, 0.15) is 6.92 Å². The number of nitrogens with one attached hydrogen (secondary N) is 1. The third-order valence-electron chi connectivity index (χ3n) is 5.03. The zero-order chi connectivity index (χ0) is 27.7. The standard InChI is InChI=1S/C25H47NO12/c1-4-5-29-6-7-30-8-9-31-10-11-32-12-13-33-14-15-34-16-17-35-18-22(27)19-36-23-20-37-25(2,38-21-23)24(28)26-3/h4,22-23,27H,1,5-21H2,2-3H3,(H,26,28). The molecule has 13 nitrogen and oxygen atoms in total. The van der Waals surface area contributed by atoms with E-state index in [0.29, 0.717) is 85.9 Å². The first-order valence-corrected chi connectivity index (χ1v) is 13.0. The molecule has 224 valence electrons. The first-order chi connectivity index (χ1) is 18.5. The van der Waals surface area contributed by atoms with Crippen molar-refractivity contribution in [2.75, 3.05) is 119 Å². The highest BCUT2D eigenvalue weighted by Gasteiger charge is 2.40. The topological polar surface area (TPSA) is 142 Å². The van der Waals surface area contributed by atoms with E-state index in [4.69, 9.17) is 47.4 Å². The number of carbonyl (C=O) groups excluding carboxylic acids is 1. The van der Waals surface area contributed by atoms with Gasteiger partial charge in [-0.05, 0) is 6.92 Å². The van der Waals surface area contributed by atoms with E-state index in [1.54, 1.807) is 13.0 Å².